The first-order valence-corrected chi connectivity index (χ1v) is 8.40. The molecule has 1 N–H and O–H groups in total. The lowest BCUT2D eigenvalue weighted by atomic mass is 9.89. The van der Waals surface area contributed by atoms with Crippen molar-refractivity contribution in [3.8, 4) is 0 Å². The summed E-state index contributed by atoms with van der Waals surface area (Å²) in [6, 6.07) is 3.72. The van der Waals surface area contributed by atoms with Crippen molar-refractivity contribution < 1.29 is 19.1 Å². The average molecular weight is 332 g/mol. The van der Waals surface area contributed by atoms with Crippen molar-refractivity contribution in [2.75, 3.05) is 26.2 Å². The van der Waals surface area contributed by atoms with E-state index in [1.54, 1.807) is 16.1 Å². The number of hydrogen-bond acceptors (Lipinski definition) is 4. The Hall–Kier alpha value is -2.08. The van der Waals surface area contributed by atoms with Gasteiger partial charge >= 0.3 is 0 Å². The summed E-state index contributed by atoms with van der Waals surface area (Å²) in [7, 11) is 0. The molecular formula is C18H24N2O4. The van der Waals surface area contributed by atoms with E-state index in [9.17, 15) is 14.7 Å². The Morgan fingerprint density at radius 2 is 2.08 bits per heavy atom. The molecule has 6 heteroatoms. The van der Waals surface area contributed by atoms with Crippen molar-refractivity contribution in [3.63, 3.8) is 0 Å². The maximum atomic E-state index is 12.9. The van der Waals surface area contributed by atoms with Crippen molar-refractivity contribution in [1.82, 2.24) is 9.80 Å². The third-order valence-electron chi connectivity index (χ3n) is 5.04. The van der Waals surface area contributed by atoms with Crippen molar-refractivity contribution in [2.24, 2.45) is 0 Å². The van der Waals surface area contributed by atoms with Crippen LogP contribution in [0, 0.1) is 0 Å². The van der Waals surface area contributed by atoms with Crippen LogP contribution in [0.1, 0.15) is 38.9 Å². The van der Waals surface area contributed by atoms with Crippen LogP contribution in [0.5, 0.6) is 0 Å². The van der Waals surface area contributed by atoms with Gasteiger partial charge in [0, 0.05) is 32.1 Å². The Balaban J connectivity index is 1.77. The molecule has 1 saturated heterocycles. The quantitative estimate of drug-likeness (QED) is 0.894. The molecule has 1 atom stereocenters. The van der Waals surface area contributed by atoms with Gasteiger partial charge in [0.2, 0.25) is 5.91 Å². The molecule has 0 saturated carbocycles. The van der Waals surface area contributed by atoms with Crippen LogP contribution in [0.2, 0.25) is 0 Å². The van der Waals surface area contributed by atoms with Crippen LogP contribution in [-0.2, 0) is 9.59 Å². The summed E-state index contributed by atoms with van der Waals surface area (Å²) >= 11 is 0. The molecular weight excluding hydrogens is 308 g/mol. The fourth-order valence-electron chi connectivity index (χ4n) is 3.54. The molecule has 0 aromatic carbocycles. The molecule has 1 aromatic rings. The zero-order valence-corrected chi connectivity index (χ0v) is 14.2. The molecule has 1 aromatic heterocycles. The summed E-state index contributed by atoms with van der Waals surface area (Å²) < 4.78 is 5.48. The molecule has 0 radical (unpaired) electrons. The van der Waals surface area contributed by atoms with E-state index in [1.165, 1.54) is 12.5 Å². The number of β-amino-alcohol motifs (C(OH)–C–C–N with tert-alkyl or cyclic N) is 1. The topological polar surface area (TPSA) is 74.0 Å². The smallest absolute Gasteiger partial charge is 0.256 e. The minimum absolute atomic E-state index is 0.0798. The van der Waals surface area contributed by atoms with E-state index < -0.39 is 5.60 Å². The minimum Gasteiger partial charge on any atom is -0.465 e. The predicted octanol–water partition coefficient (Wildman–Crippen LogP) is 1.66. The first kappa shape index (κ1) is 16.8. The Morgan fingerprint density at radius 1 is 1.29 bits per heavy atom. The summed E-state index contributed by atoms with van der Waals surface area (Å²) in [6.45, 7) is 5.21. The van der Waals surface area contributed by atoms with Gasteiger partial charge in [-0.05, 0) is 38.3 Å². The molecule has 0 bridgehead atoms. The van der Waals surface area contributed by atoms with Crippen LogP contribution < -0.4 is 0 Å². The second-order valence-corrected chi connectivity index (χ2v) is 6.79. The number of hydrogen-bond donors (Lipinski definition) is 1. The first-order chi connectivity index (χ1) is 11.4. The van der Waals surface area contributed by atoms with E-state index >= 15 is 0 Å². The van der Waals surface area contributed by atoms with E-state index in [2.05, 4.69) is 0 Å². The van der Waals surface area contributed by atoms with E-state index in [1.807, 2.05) is 19.1 Å². The molecule has 6 nitrogen and oxygen atoms in total. The van der Waals surface area contributed by atoms with Gasteiger partial charge in [-0.1, -0.05) is 5.57 Å². The van der Waals surface area contributed by atoms with Crippen molar-refractivity contribution in [3.05, 3.63) is 29.7 Å². The van der Waals surface area contributed by atoms with E-state index in [-0.39, 0.29) is 18.4 Å². The maximum Gasteiger partial charge on any atom is 0.256 e. The highest BCUT2D eigenvalue weighted by molar-refractivity contribution is 5.88. The van der Waals surface area contributed by atoms with Gasteiger partial charge in [0.05, 0.1) is 12.8 Å². The second kappa shape index (κ2) is 6.43. The van der Waals surface area contributed by atoms with Gasteiger partial charge in [0.25, 0.3) is 5.91 Å². The van der Waals surface area contributed by atoms with Crippen molar-refractivity contribution in [1.29, 1.82) is 0 Å². The number of nitrogens with zero attached hydrogens (tertiary/aromatic N) is 2. The van der Waals surface area contributed by atoms with Crippen LogP contribution >= 0.6 is 0 Å². The van der Waals surface area contributed by atoms with Crippen LogP contribution in [-0.4, -0.2) is 58.5 Å². The number of furan rings is 1. The Labute approximate surface area is 141 Å². The number of carbonyl (C=O) groups excluding carboxylic acids is 2. The van der Waals surface area contributed by atoms with Gasteiger partial charge in [-0.25, -0.2) is 0 Å². The Bertz CT molecular complexity index is 665. The summed E-state index contributed by atoms with van der Waals surface area (Å²) in [6.07, 6.45) is 3.41. The molecule has 2 amide bonds. The third-order valence-corrected chi connectivity index (χ3v) is 5.04. The van der Waals surface area contributed by atoms with Gasteiger partial charge in [0.15, 0.2) is 5.60 Å². The highest BCUT2D eigenvalue weighted by atomic mass is 16.3. The van der Waals surface area contributed by atoms with Gasteiger partial charge in [-0.15, -0.1) is 0 Å². The molecule has 2 aliphatic heterocycles. The fraction of sp³-hybridized carbons (Fsp3) is 0.556. The number of amides is 2. The number of likely N-dealkylation sites (tertiary alicyclic amines) is 1. The van der Waals surface area contributed by atoms with E-state index in [0.29, 0.717) is 32.5 Å². The summed E-state index contributed by atoms with van der Waals surface area (Å²) in [5.41, 5.74) is 0.723. The van der Waals surface area contributed by atoms with E-state index in [4.69, 9.17) is 4.42 Å². The fourth-order valence-corrected chi connectivity index (χ4v) is 3.54. The summed E-state index contributed by atoms with van der Waals surface area (Å²) in [5.74, 6) is 0.377. The largest absolute Gasteiger partial charge is 0.465 e. The molecule has 0 aliphatic carbocycles. The van der Waals surface area contributed by atoms with Gasteiger partial charge in [-0.2, -0.15) is 0 Å². The molecule has 1 fully saturated rings. The number of rotatable bonds is 2. The number of piperidine rings is 1. The zero-order valence-electron chi connectivity index (χ0n) is 14.2. The maximum absolute atomic E-state index is 12.9. The van der Waals surface area contributed by atoms with Crippen LogP contribution in [0.3, 0.4) is 0 Å². The molecule has 2 aliphatic rings. The van der Waals surface area contributed by atoms with Crippen LogP contribution in [0.4, 0.5) is 0 Å². The monoisotopic (exact) mass is 332 g/mol. The Kier molecular flexibility index (Phi) is 4.49. The van der Waals surface area contributed by atoms with Crippen molar-refractivity contribution in [2.45, 2.75) is 38.7 Å². The van der Waals surface area contributed by atoms with Crippen LogP contribution in [0.25, 0.3) is 5.57 Å². The first-order valence-electron chi connectivity index (χ1n) is 8.40. The SMILES string of the molecule is CC(=O)N1CCC[C@](O)(C(=O)N2CCC(C)=C(c3ccco3)C2)C1. The highest BCUT2D eigenvalue weighted by Crippen LogP contribution is 2.30. The van der Waals surface area contributed by atoms with Crippen molar-refractivity contribution >= 4 is 17.4 Å². The third kappa shape index (κ3) is 3.11. The molecule has 24 heavy (non-hydrogen) atoms. The van der Waals surface area contributed by atoms with Crippen LogP contribution in [0.15, 0.2) is 28.4 Å². The Morgan fingerprint density at radius 3 is 2.75 bits per heavy atom. The van der Waals surface area contributed by atoms with Gasteiger partial charge in [0.1, 0.15) is 5.76 Å². The average Bonchev–Trinajstić information content (AvgIpc) is 3.09. The molecule has 3 heterocycles. The lowest BCUT2D eigenvalue weighted by molar-refractivity contribution is -0.159. The number of carbonyl (C=O) groups is 2. The normalized spacial score (nSPS) is 25.1. The van der Waals surface area contributed by atoms with Gasteiger partial charge in [-0.3, -0.25) is 9.59 Å². The minimum atomic E-state index is -1.48. The van der Waals surface area contributed by atoms with Gasteiger partial charge < -0.3 is 19.3 Å². The number of aliphatic hydroxyl groups is 1. The summed E-state index contributed by atoms with van der Waals surface area (Å²) in [4.78, 5) is 27.8. The predicted molar refractivity (Wildman–Crippen MR) is 88.9 cm³/mol. The standard InChI is InChI=1S/C18H24N2O4/c1-13-6-9-19(11-15(13)16-5-3-10-24-16)17(22)18(23)7-4-8-20(12-18)14(2)21/h3,5,10,23H,4,6-9,11-12H2,1-2H3/t18-/m1/s1. The van der Waals surface area contributed by atoms with E-state index in [0.717, 1.165) is 17.8 Å². The zero-order chi connectivity index (χ0) is 17.3. The molecule has 0 spiro atoms. The lowest BCUT2D eigenvalue weighted by Gasteiger charge is -2.41. The molecule has 3 rings (SSSR count). The molecule has 130 valence electrons. The lowest BCUT2D eigenvalue weighted by Crippen LogP contribution is -2.59. The highest BCUT2D eigenvalue weighted by Gasteiger charge is 2.44. The summed E-state index contributed by atoms with van der Waals surface area (Å²) in [5, 5.41) is 10.9. The second-order valence-electron chi connectivity index (χ2n) is 6.79. The molecule has 0 unspecified atom stereocenters.